The van der Waals surface area contributed by atoms with Crippen LogP contribution in [0.4, 0.5) is 0 Å². The van der Waals surface area contributed by atoms with E-state index in [1.54, 1.807) is 0 Å². The average Bonchev–Trinajstić information content (AvgIpc) is 1.27. The molecule has 0 radical (unpaired) electrons. The monoisotopic (exact) mass is 192 g/mol. The van der Waals surface area contributed by atoms with Crippen LogP contribution in [-0.4, -0.2) is 44.2 Å². The van der Waals surface area contributed by atoms with Gasteiger partial charge < -0.3 is 32.5 Å². The molecule has 0 rings (SSSR count). The first kappa shape index (κ1) is 44.3. The van der Waals surface area contributed by atoms with Crippen molar-refractivity contribution in [1.29, 1.82) is 0 Å². The van der Waals surface area contributed by atoms with Gasteiger partial charge in [-0.25, -0.2) is 0 Å². The molecule has 0 aliphatic rings. The number of ketones is 1. The summed E-state index contributed by atoms with van der Waals surface area (Å²) in [5, 5.41) is 7.86. The fourth-order valence-corrected chi connectivity index (χ4v) is 0.213. The molecule has 11 N–H and O–H groups in total. The van der Waals surface area contributed by atoms with Gasteiger partial charge in [0.05, 0.1) is 0 Å². The molecule has 0 unspecified atom stereocenters. The SMILES string of the molecule is CC(=O)CC(=O)O.O.O.O.O.O. The Morgan fingerprint density at radius 2 is 1.25 bits per heavy atom. The number of carbonyl (C=O) groups is 2. The second kappa shape index (κ2) is 22.5. The average molecular weight is 192 g/mol. The zero-order chi connectivity index (χ0) is 5.86. The van der Waals surface area contributed by atoms with Crippen molar-refractivity contribution in [2.75, 3.05) is 0 Å². The lowest BCUT2D eigenvalue weighted by Gasteiger charge is -1.80. The van der Waals surface area contributed by atoms with Crippen LogP contribution in [-0.2, 0) is 9.59 Å². The number of aliphatic carboxylic acids is 1. The molecule has 0 bridgehead atoms. The van der Waals surface area contributed by atoms with E-state index < -0.39 is 5.97 Å². The second-order valence-corrected chi connectivity index (χ2v) is 1.27. The summed E-state index contributed by atoms with van der Waals surface area (Å²) in [5.41, 5.74) is 0. The molecular formula is C4H16O8. The highest BCUT2D eigenvalue weighted by molar-refractivity contribution is 5.93. The standard InChI is InChI=1S/C4H6O3.5H2O/c1-3(5)2-4(6)7;;;;;/h2H2,1H3,(H,6,7);5*1H2. The van der Waals surface area contributed by atoms with Crippen LogP contribution in [0.15, 0.2) is 0 Å². The molecule has 0 saturated carbocycles. The van der Waals surface area contributed by atoms with E-state index in [1.807, 2.05) is 0 Å². The highest BCUT2D eigenvalue weighted by Gasteiger charge is 1.98. The summed E-state index contributed by atoms with van der Waals surface area (Å²) in [6, 6.07) is 0. The van der Waals surface area contributed by atoms with Crippen LogP contribution in [0.3, 0.4) is 0 Å². The fraction of sp³-hybridized carbons (Fsp3) is 0.500. The summed E-state index contributed by atoms with van der Waals surface area (Å²) in [6.45, 7) is 1.24. The first-order valence-corrected chi connectivity index (χ1v) is 1.84. The van der Waals surface area contributed by atoms with Crippen molar-refractivity contribution in [3.63, 3.8) is 0 Å². The Morgan fingerprint density at radius 3 is 1.25 bits per heavy atom. The fourth-order valence-electron chi connectivity index (χ4n) is 0.213. The minimum atomic E-state index is -1.06. The molecular weight excluding hydrogens is 176 g/mol. The summed E-state index contributed by atoms with van der Waals surface area (Å²) >= 11 is 0. The molecule has 8 heteroatoms. The summed E-state index contributed by atoms with van der Waals surface area (Å²) in [6.07, 6.45) is -0.361. The van der Waals surface area contributed by atoms with Gasteiger partial charge in [0.25, 0.3) is 0 Å². The zero-order valence-corrected chi connectivity index (χ0v) is 6.47. The van der Waals surface area contributed by atoms with E-state index in [-0.39, 0.29) is 39.6 Å². The van der Waals surface area contributed by atoms with E-state index in [1.165, 1.54) is 6.92 Å². The van der Waals surface area contributed by atoms with Crippen molar-refractivity contribution in [2.24, 2.45) is 0 Å². The van der Waals surface area contributed by atoms with E-state index in [2.05, 4.69) is 0 Å². The molecule has 8 nitrogen and oxygen atoms in total. The zero-order valence-electron chi connectivity index (χ0n) is 6.47. The quantitative estimate of drug-likeness (QED) is 0.432. The van der Waals surface area contributed by atoms with E-state index in [4.69, 9.17) is 5.11 Å². The van der Waals surface area contributed by atoms with Gasteiger partial charge in [0.15, 0.2) is 0 Å². The Morgan fingerprint density at radius 1 is 1.00 bits per heavy atom. The molecule has 0 aliphatic heterocycles. The summed E-state index contributed by atoms with van der Waals surface area (Å²) in [4.78, 5) is 19.5. The van der Waals surface area contributed by atoms with Crippen LogP contribution in [0.5, 0.6) is 0 Å². The third-order valence-corrected chi connectivity index (χ3v) is 0.400. The Balaban J connectivity index is -0.0000000180. The molecule has 80 valence electrons. The second-order valence-electron chi connectivity index (χ2n) is 1.27. The molecule has 12 heavy (non-hydrogen) atoms. The molecule has 0 saturated heterocycles. The predicted octanol–water partition coefficient (Wildman–Crippen LogP) is -4.07. The van der Waals surface area contributed by atoms with E-state index in [9.17, 15) is 9.59 Å². The van der Waals surface area contributed by atoms with Gasteiger partial charge in [0.1, 0.15) is 12.2 Å². The summed E-state index contributed by atoms with van der Waals surface area (Å²) in [5.74, 6) is -1.37. The number of Topliss-reactive ketones (excluding diaryl/α,β-unsaturated/α-hetero) is 1. The number of hydrogen-bond donors (Lipinski definition) is 1. The van der Waals surface area contributed by atoms with E-state index >= 15 is 0 Å². The highest BCUT2D eigenvalue weighted by Crippen LogP contribution is 1.77. The smallest absolute Gasteiger partial charge is 0.310 e. The Kier molecular flexibility index (Phi) is 83.1. The highest BCUT2D eigenvalue weighted by atomic mass is 16.4. The van der Waals surface area contributed by atoms with Crippen LogP contribution >= 0.6 is 0 Å². The Bertz CT molecular complexity index is 87.2. The van der Waals surface area contributed by atoms with Gasteiger partial charge in [-0.1, -0.05) is 0 Å². The van der Waals surface area contributed by atoms with Crippen molar-refractivity contribution in [3.05, 3.63) is 0 Å². The molecule has 0 spiro atoms. The molecule has 0 fully saturated rings. The molecule has 0 atom stereocenters. The number of carboxylic acids is 1. The van der Waals surface area contributed by atoms with Gasteiger partial charge in [-0.15, -0.1) is 0 Å². The predicted molar refractivity (Wildman–Crippen MR) is 41.0 cm³/mol. The van der Waals surface area contributed by atoms with Crippen LogP contribution in [0.2, 0.25) is 0 Å². The molecule has 0 aromatic carbocycles. The van der Waals surface area contributed by atoms with Crippen LogP contribution in [0.1, 0.15) is 13.3 Å². The van der Waals surface area contributed by atoms with Crippen LogP contribution < -0.4 is 0 Å². The van der Waals surface area contributed by atoms with Crippen molar-refractivity contribution >= 4 is 11.8 Å². The lowest BCUT2D eigenvalue weighted by atomic mass is 10.3. The third-order valence-electron chi connectivity index (χ3n) is 0.400. The van der Waals surface area contributed by atoms with Crippen molar-refractivity contribution < 1.29 is 42.1 Å². The molecule has 0 aliphatic carbocycles. The van der Waals surface area contributed by atoms with Gasteiger partial charge in [-0.2, -0.15) is 0 Å². The molecule has 0 amide bonds. The first-order chi connectivity index (χ1) is 3.13. The topological polar surface area (TPSA) is 212 Å². The number of rotatable bonds is 2. The lowest BCUT2D eigenvalue weighted by molar-refractivity contribution is -0.139. The Hall–Kier alpha value is -1.06. The molecule has 0 heterocycles. The minimum absolute atomic E-state index is 0. The van der Waals surface area contributed by atoms with Gasteiger partial charge in [-0.05, 0) is 6.92 Å². The maximum absolute atomic E-state index is 9.87. The lowest BCUT2D eigenvalue weighted by Crippen LogP contribution is -2.00. The van der Waals surface area contributed by atoms with Crippen LogP contribution in [0, 0.1) is 0 Å². The summed E-state index contributed by atoms with van der Waals surface area (Å²) in [7, 11) is 0. The number of carbonyl (C=O) groups excluding carboxylic acids is 1. The van der Waals surface area contributed by atoms with Gasteiger partial charge in [-0.3, -0.25) is 9.59 Å². The maximum atomic E-state index is 9.87. The third kappa shape index (κ3) is 65.2. The van der Waals surface area contributed by atoms with Crippen molar-refractivity contribution in [2.45, 2.75) is 13.3 Å². The largest absolute Gasteiger partial charge is 0.481 e. The molecule has 0 aromatic heterocycles. The van der Waals surface area contributed by atoms with E-state index in [0.717, 1.165) is 0 Å². The van der Waals surface area contributed by atoms with Gasteiger partial charge >= 0.3 is 5.97 Å². The summed E-state index contributed by atoms with van der Waals surface area (Å²) < 4.78 is 0. The minimum Gasteiger partial charge on any atom is -0.481 e. The first-order valence-electron chi connectivity index (χ1n) is 1.84. The van der Waals surface area contributed by atoms with E-state index in [0.29, 0.717) is 0 Å². The number of hydrogen-bond acceptors (Lipinski definition) is 2. The number of carboxylic acid groups (broad SMARTS) is 1. The van der Waals surface area contributed by atoms with Crippen molar-refractivity contribution in [1.82, 2.24) is 0 Å². The van der Waals surface area contributed by atoms with Gasteiger partial charge in [0.2, 0.25) is 0 Å². The molecule has 0 aromatic rings. The normalized spacial score (nSPS) is 4.75. The van der Waals surface area contributed by atoms with Crippen molar-refractivity contribution in [3.8, 4) is 0 Å². The maximum Gasteiger partial charge on any atom is 0.310 e. The van der Waals surface area contributed by atoms with Crippen LogP contribution in [0.25, 0.3) is 0 Å². The Labute approximate surface area is 68.4 Å². The van der Waals surface area contributed by atoms with Gasteiger partial charge in [0, 0.05) is 0 Å².